The summed E-state index contributed by atoms with van der Waals surface area (Å²) >= 11 is 0. The van der Waals surface area contributed by atoms with Gasteiger partial charge in [-0.1, -0.05) is 12.1 Å². The largest absolute Gasteiger partial charge is 0.494 e. The summed E-state index contributed by atoms with van der Waals surface area (Å²) in [5.41, 5.74) is 0.731. The molecule has 0 aliphatic carbocycles. The van der Waals surface area contributed by atoms with Gasteiger partial charge >= 0.3 is 5.97 Å². The van der Waals surface area contributed by atoms with E-state index in [0.717, 1.165) is 11.3 Å². The maximum absolute atomic E-state index is 11.2. The van der Waals surface area contributed by atoms with Crippen LogP contribution in [0.15, 0.2) is 24.3 Å². The molecule has 1 atom stereocenters. The van der Waals surface area contributed by atoms with Crippen molar-refractivity contribution >= 4 is 5.97 Å². The minimum absolute atomic E-state index is 0.114. The predicted octanol–water partition coefficient (Wildman–Crippen LogP) is 2.21. The summed E-state index contributed by atoms with van der Waals surface area (Å²) < 4.78 is 5.31. The fraction of sp³-hybridized carbons (Fsp3) is 0.462. The number of carboxylic acids is 1. The van der Waals surface area contributed by atoms with Crippen molar-refractivity contribution < 1.29 is 14.6 Å². The second kappa shape index (κ2) is 6.25. The molecule has 94 valence electrons. The van der Waals surface area contributed by atoms with Crippen molar-refractivity contribution in [2.75, 3.05) is 6.61 Å². The summed E-state index contributed by atoms with van der Waals surface area (Å²) in [6, 6.07) is 6.57. The van der Waals surface area contributed by atoms with Gasteiger partial charge in [0.25, 0.3) is 0 Å². The molecular weight excluding hydrogens is 218 g/mol. The van der Waals surface area contributed by atoms with Crippen LogP contribution in [0.2, 0.25) is 0 Å². The Balaban J connectivity index is 2.83. The van der Waals surface area contributed by atoms with Gasteiger partial charge in [0.15, 0.2) is 0 Å². The Morgan fingerprint density at radius 3 is 2.35 bits per heavy atom. The first-order valence-corrected chi connectivity index (χ1v) is 5.76. The van der Waals surface area contributed by atoms with E-state index in [1.165, 1.54) is 0 Å². The number of nitrogens with one attached hydrogen (secondary N) is 1. The normalized spacial score (nSPS) is 12.5. The molecule has 2 N–H and O–H groups in total. The average Bonchev–Trinajstić information content (AvgIpc) is 2.27. The van der Waals surface area contributed by atoms with Gasteiger partial charge in [0.2, 0.25) is 0 Å². The van der Waals surface area contributed by atoms with Crippen LogP contribution in [0, 0.1) is 0 Å². The van der Waals surface area contributed by atoms with E-state index in [0.29, 0.717) is 6.61 Å². The smallest absolute Gasteiger partial charge is 0.325 e. The molecule has 1 aromatic rings. The lowest BCUT2D eigenvalue weighted by Gasteiger charge is -2.17. The second-order valence-electron chi connectivity index (χ2n) is 4.09. The molecule has 0 heterocycles. The fourth-order valence-corrected chi connectivity index (χ4v) is 1.57. The number of carboxylic acid groups (broad SMARTS) is 1. The zero-order chi connectivity index (χ0) is 12.8. The minimum Gasteiger partial charge on any atom is -0.494 e. The van der Waals surface area contributed by atoms with Crippen LogP contribution >= 0.6 is 0 Å². The topological polar surface area (TPSA) is 58.6 Å². The Bertz CT molecular complexity index is 359. The van der Waals surface area contributed by atoms with E-state index in [1.807, 2.05) is 20.8 Å². The number of aliphatic carboxylic acids is 1. The highest BCUT2D eigenvalue weighted by atomic mass is 16.5. The summed E-state index contributed by atoms with van der Waals surface area (Å²) in [7, 11) is 0. The molecule has 1 unspecified atom stereocenters. The van der Waals surface area contributed by atoms with E-state index in [9.17, 15) is 4.79 Å². The second-order valence-corrected chi connectivity index (χ2v) is 4.09. The minimum atomic E-state index is -0.872. The summed E-state index contributed by atoms with van der Waals surface area (Å²) in [4.78, 5) is 11.2. The molecule has 4 nitrogen and oxygen atoms in total. The first kappa shape index (κ1) is 13.5. The molecule has 0 bridgehead atoms. The van der Waals surface area contributed by atoms with Gasteiger partial charge < -0.3 is 9.84 Å². The quantitative estimate of drug-likeness (QED) is 0.796. The Morgan fingerprint density at radius 2 is 1.94 bits per heavy atom. The molecule has 0 aliphatic heterocycles. The van der Waals surface area contributed by atoms with Crippen LogP contribution in [0.1, 0.15) is 32.4 Å². The standard InChI is InChI=1S/C13H19NO3/c1-4-17-11-7-5-10(6-8-11)12(13(15)16)14-9(2)3/h5-9,12,14H,4H2,1-3H3,(H,15,16). The van der Waals surface area contributed by atoms with E-state index < -0.39 is 12.0 Å². The Labute approximate surface area is 102 Å². The van der Waals surface area contributed by atoms with Gasteiger partial charge in [-0.3, -0.25) is 10.1 Å². The number of rotatable bonds is 6. The number of hydrogen-bond donors (Lipinski definition) is 2. The van der Waals surface area contributed by atoms with E-state index in [1.54, 1.807) is 24.3 Å². The van der Waals surface area contributed by atoms with Gasteiger partial charge in [0.05, 0.1) is 6.61 Å². The molecule has 0 fully saturated rings. The van der Waals surface area contributed by atoms with E-state index >= 15 is 0 Å². The van der Waals surface area contributed by atoms with Crippen LogP contribution in [0.4, 0.5) is 0 Å². The lowest BCUT2D eigenvalue weighted by molar-refractivity contribution is -0.139. The van der Waals surface area contributed by atoms with Gasteiger partial charge in [-0.2, -0.15) is 0 Å². The van der Waals surface area contributed by atoms with Gasteiger partial charge in [-0.25, -0.2) is 0 Å². The van der Waals surface area contributed by atoms with Crippen LogP contribution in [0.3, 0.4) is 0 Å². The Kier molecular flexibility index (Phi) is 4.97. The molecule has 0 saturated carbocycles. The maximum Gasteiger partial charge on any atom is 0.325 e. The van der Waals surface area contributed by atoms with E-state index in [4.69, 9.17) is 9.84 Å². The SMILES string of the molecule is CCOc1ccc(C(NC(C)C)C(=O)O)cc1. The highest BCUT2D eigenvalue weighted by Crippen LogP contribution is 2.18. The van der Waals surface area contributed by atoms with Crippen LogP contribution < -0.4 is 10.1 Å². The Hall–Kier alpha value is -1.55. The number of ether oxygens (including phenoxy) is 1. The first-order chi connectivity index (χ1) is 8.04. The van der Waals surface area contributed by atoms with E-state index in [-0.39, 0.29) is 6.04 Å². The van der Waals surface area contributed by atoms with Crippen molar-refractivity contribution in [2.45, 2.75) is 32.9 Å². The number of benzene rings is 1. The van der Waals surface area contributed by atoms with Gasteiger partial charge in [-0.05, 0) is 38.5 Å². The molecular formula is C13H19NO3. The monoisotopic (exact) mass is 237 g/mol. The van der Waals surface area contributed by atoms with Crippen molar-refractivity contribution in [1.29, 1.82) is 0 Å². The lowest BCUT2D eigenvalue weighted by atomic mass is 10.1. The molecule has 0 spiro atoms. The van der Waals surface area contributed by atoms with Crippen LogP contribution in [-0.2, 0) is 4.79 Å². The van der Waals surface area contributed by atoms with E-state index in [2.05, 4.69) is 5.32 Å². The lowest BCUT2D eigenvalue weighted by Crippen LogP contribution is -2.33. The summed E-state index contributed by atoms with van der Waals surface area (Å²) in [5, 5.41) is 12.2. The zero-order valence-electron chi connectivity index (χ0n) is 10.4. The third-order valence-corrected chi connectivity index (χ3v) is 2.27. The third-order valence-electron chi connectivity index (χ3n) is 2.27. The molecule has 0 amide bonds. The van der Waals surface area contributed by atoms with Crippen molar-refractivity contribution in [3.63, 3.8) is 0 Å². The van der Waals surface area contributed by atoms with Crippen LogP contribution in [0.5, 0.6) is 5.75 Å². The predicted molar refractivity (Wildman–Crippen MR) is 66.3 cm³/mol. The van der Waals surface area contributed by atoms with Gasteiger partial charge in [0, 0.05) is 6.04 Å². The molecule has 0 radical (unpaired) electrons. The van der Waals surface area contributed by atoms with Crippen LogP contribution in [-0.4, -0.2) is 23.7 Å². The highest BCUT2D eigenvalue weighted by Gasteiger charge is 2.19. The molecule has 17 heavy (non-hydrogen) atoms. The Morgan fingerprint density at radius 1 is 1.35 bits per heavy atom. The van der Waals surface area contributed by atoms with Crippen LogP contribution in [0.25, 0.3) is 0 Å². The highest BCUT2D eigenvalue weighted by molar-refractivity contribution is 5.75. The molecule has 0 aliphatic rings. The summed E-state index contributed by atoms with van der Waals surface area (Å²) in [6.45, 7) is 6.36. The average molecular weight is 237 g/mol. The van der Waals surface area contributed by atoms with Crippen molar-refractivity contribution in [3.8, 4) is 5.75 Å². The molecule has 0 saturated heterocycles. The summed E-state index contributed by atoms with van der Waals surface area (Å²) in [6.07, 6.45) is 0. The first-order valence-electron chi connectivity index (χ1n) is 5.76. The molecule has 4 heteroatoms. The van der Waals surface area contributed by atoms with Crippen molar-refractivity contribution in [2.24, 2.45) is 0 Å². The maximum atomic E-state index is 11.2. The number of carbonyl (C=O) groups is 1. The number of hydrogen-bond acceptors (Lipinski definition) is 3. The van der Waals surface area contributed by atoms with Crippen molar-refractivity contribution in [3.05, 3.63) is 29.8 Å². The molecule has 1 aromatic carbocycles. The van der Waals surface area contributed by atoms with Gasteiger partial charge in [-0.15, -0.1) is 0 Å². The molecule has 1 rings (SSSR count). The molecule has 0 aromatic heterocycles. The summed E-state index contributed by atoms with van der Waals surface area (Å²) in [5.74, 6) is -0.118. The third kappa shape index (κ3) is 4.07. The van der Waals surface area contributed by atoms with Gasteiger partial charge in [0.1, 0.15) is 11.8 Å². The zero-order valence-corrected chi connectivity index (χ0v) is 10.4. The fourth-order valence-electron chi connectivity index (χ4n) is 1.57. The van der Waals surface area contributed by atoms with Crippen molar-refractivity contribution in [1.82, 2.24) is 5.32 Å².